The van der Waals surface area contributed by atoms with Gasteiger partial charge in [-0.2, -0.15) is 0 Å². The van der Waals surface area contributed by atoms with Gasteiger partial charge >= 0.3 is 0 Å². The van der Waals surface area contributed by atoms with Crippen molar-refractivity contribution < 1.29 is 13.2 Å². The molecule has 0 saturated carbocycles. The molecule has 1 aromatic carbocycles. The van der Waals surface area contributed by atoms with Gasteiger partial charge in [0.2, 0.25) is 0 Å². The highest BCUT2D eigenvalue weighted by atomic mass is 32.2. The summed E-state index contributed by atoms with van der Waals surface area (Å²) in [5.41, 5.74) is 2.52. The number of carbonyl (C=O) groups excluding carboxylic acids is 1. The fourth-order valence-corrected chi connectivity index (χ4v) is 3.72. The predicted octanol–water partition coefficient (Wildman–Crippen LogP) is 2.32. The summed E-state index contributed by atoms with van der Waals surface area (Å²) in [7, 11) is -2.98. The maximum absolute atomic E-state index is 12.7. The smallest absolute Gasteiger partial charge is 0.254 e. The van der Waals surface area contributed by atoms with E-state index in [2.05, 4.69) is 26.1 Å². The summed E-state index contributed by atoms with van der Waals surface area (Å²) >= 11 is 0. The number of benzene rings is 1. The highest BCUT2D eigenvalue weighted by Crippen LogP contribution is 2.23. The maximum Gasteiger partial charge on any atom is 0.254 e. The van der Waals surface area contributed by atoms with Crippen LogP contribution in [0.4, 0.5) is 5.69 Å². The molecule has 0 aromatic heterocycles. The van der Waals surface area contributed by atoms with Crippen molar-refractivity contribution in [1.82, 2.24) is 4.90 Å². The quantitative estimate of drug-likeness (QED) is 0.915. The van der Waals surface area contributed by atoms with E-state index in [0.717, 1.165) is 11.3 Å². The summed E-state index contributed by atoms with van der Waals surface area (Å²) in [6, 6.07) is 5.97. The third kappa shape index (κ3) is 4.25. The minimum absolute atomic E-state index is 0.0557. The van der Waals surface area contributed by atoms with Crippen molar-refractivity contribution in [3.63, 3.8) is 0 Å². The Labute approximate surface area is 139 Å². The van der Waals surface area contributed by atoms with Crippen LogP contribution in [0.15, 0.2) is 18.2 Å². The van der Waals surface area contributed by atoms with Gasteiger partial charge in [-0.1, -0.05) is 19.9 Å². The van der Waals surface area contributed by atoms with E-state index in [1.54, 1.807) is 4.90 Å². The van der Waals surface area contributed by atoms with Crippen LogP contribution in [-0.4, -0.2) is 49.9 Å². The molecule has 1 N–H and O–H groups in total. The predicted molar refractivity (Wildman–Crippen MR) is 93.7 cm³/mol. The van der Waals surface area contributed by atoms with Crippen LogP contribution < -0.4 is 5.32 Å². The topological polar surface area (TPSA) is 66.5 Å². The van der Waals surface area contributed by atoms with Crippen LogP contribution in [0.3, 0.4) is 0 Å². The SMILES string of the molecule is Cc1c(N[C@H](C)C(C)C)cccc1C(=O)N1CCS(=O)(=O)CC1. The fraction of sp³-hybridized carbons (Fsp3) is 0.588. The number of nitrogens with one attached hydrogen (secondary N) is 1. The lowest BCUT2D eigenvalue weighted by Gasteiger charge is -2.28. The van der Waals surface area contributed by atoms with E-state index in [-0.39, 0.29) is 30.5 Å². The summed E-state index contributed by atoms with van der Waals surface area (Å²) in [4.78, 5) is 14.3. The zero-order valence-corrected chi connectivity index (χ0v) is 15.1. The molecular formula is C17H26N2O3S. The Kier molecular flexibility index (Phi) is 5.34. The molecule has 1 saturated heterocycles. The third-order valence-corrected chi connectivity index (χ3v) is 6.19. The van der Waals surface area contributed by atoms with E-state index in [0.29, 0.717) is 17.5 Å². The van der Waals surface area contributed by atoms with Gasteiger partial charge in [-0.05, 0) is 37.5 Å². The van der Waals surface area contributed by atoms with Crippen molar-refractivity contribution in [2.24, 2.45) is 5.92 Å². The lowest BCUT2D eigenvalue weighted by molar-refractivity contribution is 0.0769. The van der Waals surface area contributed by atoms with Crippen molar-refractivity contribution in [2.75, 3.05) is 29.9 Å². The summed E-state index contributed by atoms with van der Waals surface area (Å²) in [5, 5.41) is 3.45. The van der Waals surface area contributed by atoms with Gasteiger partial charge in [-0.15, -0.1) is 0 Å². The van der Waals surface area contributed by atoms with E-state index in [1.165, 1.54) is 0 Å². The third-order valence-electron chi connectivity index (χ3n) is 4.58. The average Bonchev–Trinajstić information content (AvgIpc) is 2.48. The van der Waals surface area contributed by atoms with Gasteiger partial charge in [0.15, 0.2) is 9.84 Å². The first-order valence-electron chi connectivity index (χ1n) is 8.07. The van der Waals surface area contributed by atoms with E-state index < -0.39 is 9.84 Å². The minimum Gasteiger partial charge on any atom is -0.382 e. The van der Waals surface area contributed by atoms with Gasteiger partial charge < -0.3 is 10.2 Å². The van der Waals surface area contributed by atoms with Gasteiger partial charge in [-0.3, -0.25) is 4.79 Å². The Morgan fingerprint density at radius 2 is 1.78 bits per heavy atom. The summed E-state index contributed by atoms with van der Waals surface area (Å²) < 4.78 is 23.0. The van der Waals surface area contributed by atoms with Gasteiger partial charge in [0.25, 0.3) is 5.91 Å². The average molecular weight is 338 g/mol. The first-order valence-corrected chi connectivity index (χ1v) is 9.89. The Morgan fingerprint density at radius 1 is 1.17 bits per heavy atom. The van der Waals surface area contributed by atoms with Crippen LogP contribution in [0.1, 0.15) is 36.7 Å². The zero-order valence-electron chi connectivity index (χ0n) is 14.3. The van der Waals surface area contributed by atoms with Gasteiger partial charge in [0.1, 0.15) is 0 Å². The molecule has 0 spiro atoms. The summed E-state index contributed by atoms with van der Waals surface area (Å²) in [6.45, 7) is 8.91. The molecule has 0 radical (unpaired) electrons. The lowest BCUT2D eigenvalue weighted by Crippen LogP contribution is -2.44. The van der Waals surface area contributed by atoms with E-state index >= 15 is 0 Å². The molecule has 128 valence electrons. The van der Waals surface area contributed by atoms with Crippen LogP contribution in [0.25, 0.3) is 0 Å². The zero-order chi connectivity index (χ0) is 17.2. The minimum atomic E-state index is -2.98. The van der Waals surface area contributed by atoms with Crippen LogP contribution in [0.2, 0.25) is 0 Å². The molecule has 5 nitrogen and oxygen atoms in total. The second-order valence-electron chi connectivity index (χ2n) is 6.60. The molecule has 1 amide bonds. The first kappa shape index (κ1) is 17.8. The first-order chi connectivity index (χ1) is 10.7. The molecule has 1 aliphatic rings. The van der Waals surface area contributed by atoms with Crippen molar-refractivity contribution in [2.45, 2.75) is 33.7 Å². The molecule has 23 heavy (non-hydrogen) atoms. The number of nitrogens with zero attached hydrogens (tertiary/aromatic N) is 1. The lowest BCUT2D eigenvalue weighted by atomic mass is 10.0. The monoisotopic (exact) mass is 338 g/mol. The fourth-order valence-electron chi connectivity index (χ4n) is 2.52. The van der Waals surface area contributed by atoms with Crippen LogP contribution in [0.5, 0.6) is 0 Å². The van der Waals surface area contributed by atoms with E-state index in [9.17, 15) is 13.2 Å². The maximum atomic E-state index is 12.7. The Hall–Kier alpha value is -1.56. The van der Waals surface area contributed by atoms with Crippen LogP contribution >= 0.6 is 0 Å². The molecule has 0 bridgehead atoms. The second kappa shape index (κ2) is 6.91. The van der Waals surface area contributed by atoms with E-state index in [1.807, 2.05) is 25.1 Å². The number of hydrogen-bond acceptors (Lipinski definition) is 4. The summed E-state index contributed by atoms with van der Waals surface area (Å²) in [6.07, 6.45) is 0. The largest absolute Gasteiger partial charge is 0.382 e. The number of amides is 1. The molecule has 1 fully saturated rings. The summed E-state index contributed by atoms with van der Waals surface area (Å²) in [5.74, 6) is 0.513. The molecule has 1 aromatic rings. The molecule has 0 aliphatic carbocycles. The number of rotatable bonds is 4. The molecule has 0 unspecified atom stereocenters. The second-order valence-corrected chi connectivity index (χ2v) is 8.90. The number of carbonyl (C=O) groups is 1. The van der Waals surface area contributed by atoms with Crippen LogP contribution in [0, 0.1) is 12.8 Å². The molecule has 1 heterocycles. The van der Waals surface area contributed by atoms with Crippen molar-refractivity contribution in [3.8, 4) is 0 Å². The number of hydrogen-bond donors (Lipinski definition) is 1. The number of sulfone groups is 1. The van der Waals surface area contributed by atoms with Crippen LogP contribution in [-0.2, 0) is 9.84 Å². The highest BCUT2D eigenvalue weighted by molar-refractivity contribution is 7.91. The van der Waals surface area contributed by atoms with E-state index in [4.69, 9.17) is 0 Å². The van der Waals surface area contributed by atoms with Gasteiger partial charge in [-0.25, -0.2) is 8.42 Å². The molecule has 6 heteroatoms. The molecule has 1 atom stereocenters. The van der Waals surface area contributed by atoms with Gasteiger partial charge in [0, 0.05) is 30.4 Å². The Bertz CT molecular complexity index is 669. The van der Waals surface area contributed by atoms with Crippen molar-refractivity contribution in [1.29, 1.82) is 0 Å². The standard InChI is InChI=1S/C17H26N2O3S/c1-12(2)14(4)18-16-7-5-6-15(13(16)3)17(20)19-8-10-23(21,22)11-9-19/h5-7,12,14,18H,8-11H2,1-4H3/t14-/m1/s1. The Morgan fingerprint density at radius 3 is 2.35 bits per heavy atom. The highest BCUT2D eigenvalue weighted by Gasteiger charge is 2.26. The van der Waals surface area contributed by atoms with Gasteiger partial charge in [0.05, 0.1) is 11.5 Å². The molecular weight excluding hydrogens is 312 g/mol. The Balaban J connectivity index is 2.18. The number of anilines is 1. The van der Waals surface area contributed by atoms with Crippen molar-refractivity contribution in [3.05, 3.63) is 29.3 Å². The van der Waals surface area contributed by atoms with Crippen molar-refractivity contribution >= 4 is 21.4 Å². The molecule has 2 rings (SSSR count). The normalized spacial score (nSPS) is 18.7. The molecule has 1 aliphatic heterocycles.